The molecule has 1 aliphatic rings. The van der Waals surface area contributed by atoms with Gasteiger partial charge in [0.1, 0.15) is 34.5 Å². The van der Waals surface area contributed by atoms with Crippen LogP contribution in [0.25, 0.3) is 0 Å². The number of hydrogen-bond acceptors (Lipinski definition) is 8. The van der Waals surface area contributed by atoms with Crippen LogP contribution < -0.4 is 29.4 Å². The molecule has 1 atom stereocenters. The van der Waals surface area contributed by atoms with E-state index in [4.69, 9.17) is 29.4 Å². The summed E-state index contributed by atoms with van der Waals surface area (Å²) < 4.78 is 28.4. The van der Waals surface area contributed by atoms with E-state index in [1.54, 1.807) is 42.5 Å². The molecular weight excluding hydrogens is 484 g/mol. The van der Waals surface area contributed by atoms with Crippen molar-refractivity contribution < 1.29 is 28.5 Å². The summed E-state index contributed by atoms with van der Waals surface area (Å²) in [5.41, 5.74) is 8.24. The summed E-state index contributed by atoms with van der Waals surface area (Å²) in [4.78, 5) is 12.8. The van der Waals surface area contributed by atoms with Crippen molar-refractivity contribution in [3.63, 3.8) is 0 Å². The summed E-state index contributed by atoms with van der Waals surface area (Å²) in [6.45, 7) is 5.05. The zero-order chi connectivity index (χ0) is 27.1. The number of fused-ring (bicyclic) bond motifs is 1. The van der Waals surface area contributed by atoms with Crippen molar-refractivity contribution in [2.45, 2.75) is 32.6 Å². The fourth-order valence-corrected chi connectivity index (χ4v) is 4.24. The van der Waals surface area contributed by atoms with Gasteiger partial charge in [-0.2, -0.15) is 5.26 Å². The lowest BCUT2D eigenvalue weighted by atomic mass is 9.83. The van der Waals surface area contributed by atoms with E-state index in [2.05, 4.69) is 13.0 Å². The first kappa shape index (κ1) is 26.4. The number of hydrogen-bond donors (Lipinski definition) is 1. The van der Waals surface area contributed by atoms with Gasteiger partial charge in [0.25, 0.3) is 0 Å². The number of nitrogens with zero attached hydrogens (tertiary/aromatic N) is 1. The molecule has 196 valence electrons. The van der Waals surface area contributed by atoms with Crippen LogP contribution in [0, 0.1) is 11.3 Å². The van der Waals surface area contributed by atoms with Gasteiger partial charge in [-0.05, 0) is 49.2 Å². The van der Waals surface area contributed by atoms with Crippen molar-refractivity contribution >= 4 is 5.97 Å². The highest BCUT2D eigenvalue weighted by Gasteiger charge is 2.32. The molecule has 0 bridgehead atoms. The Balaban J connectivity index is 1.68. The van der Waals surface area contributed by atoms with Crippen molar-refractivity contribution in [2.24, 2.45) is 5.73 Å². The van der Waals surface area contributed by atoms with Gasteiger partial charge >= 0.3 is 5.97 Å². The molecule has 0 saturated heterocycles. The molecule has 4 rings (SSSR count). The van der Waals surface area contributed by atoms with Gasteiger partial charge in [0.05, 0.1) is 26.2 Å². The number of rotatable bonds is 10. The van der Waals surface area contributed by atoms with Gasteiger partial charge in [0.2, 0.25) is 5.88 Å². The number of para-hydroxylation sites is 1. The molecule has 38 heavy (non-hydrogen) atoms. The molecule has 8 nitrogen and oxygen atoms in total. The number of ether oxygens (including phenoxy) is 5. The monoisotopic (exact) mass is 514 g/mol. The number of nitriles is 1. The maximum atomic E-state index is 12.8. The van der Waals surface area contributed by atoms with Gasteiger partial charge in [-0.1, -0.05) is 37.6 Å². The molecule has 0 fully saturated rings. The Bertz CT molecular complexity index is 1390. The second-order valence-corrected chi connectivity index (χ2v) is 8.56. The van der Waals surface area contributed by atoms with Gasteiger partial charge in [-0.25, -0.2) is 4.79 Å². The van der Waals surface area contributed by atoms with Crippen LogP contribution in [0.5, 0.6) is 28.7 Å². The van der Waals surface area contributed by atoms with Crippen LogP contribution in [-0.2, 0) is 0 Å². The molecule has 1 aliphatic heterocycles. The highest BCUT2D eigenvalue weighted by Crippen LogP contribution is 2.45. The maximum absolute atomic E-state index is 12.8. The van der Waals surface area contributed by atoms with Gasteiger partial charge in [0.15, 0.2) is 11.5 Å². The van der Waals surface area contributed by atoms with Gasteiger partial charge < -0.3 is 29.4 Å². The van der Waals surface area contributed by atoms with E-state index in [9.17, 15) is 10.1 Å². The number of benzene rings is 3. The van der Waals surface area contributed by atoms with E-state index >= 15 is 0 Å². The second kappa shape index (κ2) is 12.1. The van der Waals surface area contributed by atoms with Crippen LogP contribution >= 0.6 is 0 Å². The molecule has 0 amide bonds. The molecule has 3 aromatic rings. The normalized spacial score (nSPS) is 14.1. The lowest BCUT2D eigenvalue weighted by Gasteiger charge is -2.27. The standard InChI is InChI=1S/C30H30N2O6/c1-4-6-15-36-25-14-11-19(16-27(25)35-5-2)28-21-13-12-20(17-26(21)38-29(32)23(28)18-31)37-30(33)22-9-7-8-10-24(22)34-3/h7-14,16-17,28H,4-6,15,32H2,1-3H3. The van der Waals surface area contributed by atoms with E-state index in [-0.39, 0.29) is 17.2 Å². The largest absolute Gasteiger partial charge is 0.496 e. The van der Waals surface area contributed by atoms with Crippen LogP contribution in [0.3, 0.4) is 0 Å². The van der Waals surface area contributed by atoms with Crippen molar-refractivity contribution in [1.82, 2.24) is 0 Å². The summed E-state index contributed by atoms with van der Waals surface area (Å²) in [6.07, 6.45) is 1.95. The molecule has 3 aromatic carbocycles. The quantitative estimate of drug-likeness (QED) is 0.208. The Hall–Kier alpha value is -4.64. The van der Waals surface area contributed by atoms with E-state index in [0.29, 0.717) is 47.3 Å². The smallest absolute Gasteiger partial charge is 0.347 e. The number of methoxy groups -OCH3 is 1. The fourth-order valence-electron chi connectivity index (χ4n) is 4.24. The van der Waals surface area contributed by atoms with E-state index in [1.165, 1.54) is 7.11 Å². The third-order valence-electron chi connectivity index (χ3n) is 6.08. The highest BCUT2D eigenvalue weighted by atomic mass is 16.5. The SMILES string of the molecule is CCCCOc1ccc(C2C(C#N)=C(N)Oc3cc(OC(=O)c4ccccc4OC)ccc32)cc1OCC. The molecule has 2 N–H and O–H groups in total. The molecule has 0 aliphatic carbocycles. The van der Waals surface area contributed by atoms with Gasteiger partial charge in [0, 0.05) is 11.6 Å². The average molecular weight is 515 g/mol. The number of carbonyl (C=O) groups is 1. The second-order valence-electron chi connectivity index (χ2n) is 8.56. The van der Waals surface area contributed by atoms with Gasteiger partial charge in [-0.15, -0.1) is 0 Å². The molecule has 8 heteroatoms. The van der Waals surface area contributed by atoms with Crippen LogP contribution in [0.15, 0.2) is 72.1 Å². The minimum absolute atomic E-state index is 0.0144. The van der Waals surface area contributed by atoms with Crippen molar-refractivity contribution in [3.05, 3.63) is 88.8 Å². The molecule has 1 unspecified atom stereocenters. The lowest BCUT2D eigenvalue weighted by molar-refractivity contribution is 0.0731. The highest BCUT2D eigenvalue weighted by molar-refractivity contribution is 5.94. The summed E-state index contributed by atoms with van der Waals surface area (Å²) in [5.74, 6) is 1.20. The number of carbonyl (C=O) groups excluding carboxylic acids is 1. The van der Waals surface area contributed by atoms with E-state index in [1.807, 2.05) is 25.1 Å². The first-order valence-corrected chi connectivity index (χ1v) is 12.5. The summed E-state index contributed by atoms with van der Waals surface area (Å²) >= 11 is 0. The van der Waals surface area contributed by atoms with Crippen LogP contribution in [0.1, 0.15) is 54.1 Å². The molecule has 0 saturated carbocycles. The Morgan fingerprint density at radius 3 is 2.58 bits per heavy atom. The number of nitrogens with two attached hydrogens (primary N) is 1. The first-order chi connectivity index (χ1) is 18.5. The molecule has 0 radical (unpaired) electrons. The van der Waals surface area contributed by atoms with Crippen LogP contribution in [-0.4, -0.2) is 26.3 Å². The molecular formula is C30H30N2O6. The van der Waals surface area contributed by atoms with Gasteiger partial charge in [-0.3, -0.25) is 0 Å². The Labute approximate surface area is 222 Å². The van der Waals surface area contributed by atoms with E-state index in [0.717, 1.165) is 18.4 Å². The minimum atomic E-state index is -0.573. The number of allylic oxidation sites excluding steroid dienone is 1. The Morgan fingerprint density at radius 2 is 1.84 bits per heavy atom. The zero-order valence-corrected chi connectivity index (χ0v) is 21.7. The fraction of sp³-hybridized carbons (Fsp3) is 0.267. The zero-order valence-electron chi connectivity index (χ0n) is 21.7. The summed E-state index contributed by atoms with van der Waals surface area (Å²) in [7, 11) is 1.49. The van der Waals surface area contributed by atoms with Crippen molar-refractivity contribution in [3.8, 4) is 34.8 Å². The lowest BCUT2D eigenvalue weighted by Crippen LogP contribution is -2.21. The first-order valence-electron chi connectivity index (χ1n) is 12.5. The number of esters is 1. The predicted molar refractivity (Wildman–Crippen MR) is 142 cm³/mol. The van der Waals surface area contributed by atoms with Crippen LogP contribution in [0.2, 0.25) is 0 Å². The summed E-state index contributed by atoms with van der Waals surface area (Å²) in [6, 6.07) is 19.6. The van der Waals surface area contributed by atoms with Crippen molar-refractivity contribution in [2.75, 3.05) is 20.3 Å². The predicted octanol–water partition coefficient (Wildman–Crippen LogP) is 5.71. The molecule has 0 spiro atoms. The summed E-state index contributed by atoms with van der Waals surface area (Å²) in [5, 5.41) is 9.93. The van der Waals surface area contributed by atoms with E-state index < -0.39 is 11.9 Å². The topological polar surface area (TPSA) is 113 Å². The van der Waals surface area contributed by atoms with Crippen molar-refractivity contribution in [1.29, 1.82) is 5.26 Å². The molecule has 0 aromatic heterocycles. The third kappa shape index (κ3) is 5.52. The molecule has 1 heterocycles. The van der Waals surface area contributed by atoms with Crippen LogP contribution in [0.4, 0.5) is 0 Å². The minimum Gasteiger partial charge on any atom is -0.496 e. The number of unbranched alkanes of at least 4 members (excludes halogenated alkanes) is 1. The maximum Gasteiger partial charge on any atom is 0.347 e. The Kier molecular flexibility index (Phi) is 8.39. The third-order valence-corrected chi connectivity index (χ3v) is 6.08. The Morgan fingerprint density at radius 1 is 1.03 bits per heavy atom. The average Bonchev–Trinajstić information content (AvgIpc) is 2.93.